The summed E-state index contributed by atoms with van der Waals surface area (Å²) in [4.78, 5) is 24.4. The number of rotatable bonds is 12. The van der Waals surface area contributed by atoms with E-state index in [0.717, 1.165) is 73.6 Å². The van der Waals surface area contributed by atoms with E-state index in [1.54, 1.807) is 14.2 Å². The highest BCUT2D eigenvalue weighted by Gasteiger charge is 2.22. The van der Waals surface area contributed by atoms with Crippen molar-refractivity contribution in [2.75, 3.05) is 63.3 Å². The monoisotopic (exact) mass is 523 g/mol. The summed E-state index contributed by atoms with van der Waals surface area (Å²) in [6.45, 7) is 6.87. The van der Waals surface area contributed by atoms with Gasteiger partial charge in [-0.3, -0.25) is 4.79 Å². The third-order valence-corrected chi connectivity index (χ3v) is 7.49. The van der Waals surface area contributed by atoms with E-state index < -0.39 is 0 Å². The Morgan fingerprint density at radius 3 is 2.46 bits per heavy atom. The largest absolute Gasteiger partial charge is 0.497 e. The summed E-state index contributed by atoms with van der Waals surface area (Å²) in [5, 5.41) is 0.892. The molecule has 0 radical (unpaired) electrons. The first-order valence-electron chi connectivity index (χ1n) is 13.0. The molecule has 198 valence electrons. The number of hydrogen-bond acceptors (Lipinski definition) is 8. The number of ether oxygens (including phenoxy) is 2. The van der Waals surface area contributed by atoms with Crippen LogP contribution in [-0.4, -0.2) is 73.7 Å². The van der Waals surface area contributed by atoms with E-state index in [2.05, 4.69) is 39.3 Å². The molecule has 1 saturated heterocycles. The maximum atomic E-state index is 13.1. The molecule has 0 spiro atoms. The number of anilines is 2. The summed E-state index contributed by atoms with van der Waals surface area (Å²) >= 11 is 1.42. The number of benzene rings is 2. The van der Waals surface area contributed by atoms with Crippen LogP contribution in [0.1, 0.15) is 37.6 Å². The van der Waals surface area contributed by atoms with Crippen LogP contribution in [-0.2, 0) is 11.2 Å². The van der Waals surface area contributed by atoms with E-state index in [9.17, 15) is 4.79 Å². The Bertz CT molecular complexity index is 1130. The van der Waals surface area contributed by atoms with Crippen LogP contribution >= 0.6 is 11.5 Å². The van der Waals surface area contributed by atoms with Crippen molar-refractivity contribution >= 4 is 28.3 Å². The minimum Gasteiger partial charge on any atom is -0.497 e. The summed E-state index contributed by atoms with van der Waals surface area (Å²) < 4.78 is 15.2. The molecule has 0 aliphatic carbocycles. The summed E-state index contributed by atoms with van der Waals surface area (Å²) in [6, 6.07) is 16.1. The van der Waals surface area contributed by atoms with E-state index in [1.165, 1.54) is 17.2 Å². The Kier molecular flexibility index (Phi) is 9.59. The second kappa shape index (κ2) is 13.3. The van der Waals surface area contributed by atoms with E-state index in [-0.39, 0.29) is 5.91 Å². The van der Waals surface area contributed by atoms with Crippen molar-refractivity contribution in [2.45, 2.75) is 32.6 Å². The molecule has 1 aromatic heterocycles. The zero-order chi connectivity index (χ0) is 26.0. The summed E-state index contributed by atoms with van der Waals surface area (Å²) in [7, 11) is 3.35. The number of nitrogens with zero attached hydrogens (tertiary/aromatic N) is 5. The molecule has 0 unspecified atom stereocenters. The van der Waals surface area contributed by atoms with Gasteiger partial charge in [0, 0.05) is 69.3 Å². The Balaban J connectivity index is 1.30. The fourth-order valence-electron chi connectivity index (χ4n) is 4.46. The lowest BCUT2D eigenvalue weighted by Crippen LogP contribution is -2.49. The third kappa shape index (κ3) is 7.35. The first kappa shape index (κ1) is 26.7. The van der Waals surface area contributed by atoms with Crippen molar-refractivity contribution in [1.82, 2.24) is 14.3 Å². The molecule has 0 bridgehead atoms. The Morgan fingerprint density at radius 2 is 1.76 bits per heavy atom. The molecule has 4 rings (SSSR count). The van der Waals surface area contributed by atoms with Gasteiger partial charge in [-0.25, -0.2) is 4.98 Å². The van der Waals surface area contributed by atoms with Gasteiger partial charge in [0.1, 0.15) is 17.3 Å². The molecule has 2 heterocycles. The minimum atomic E-state index is 0.206. The second-order valence-corrected chi connectivity index (χ2v) is 9.91. The summed E-state index contributed by atoms with van der Waals surface area (Å²) in [5.41, 5.74) is 2.28. The van der Waals surface area contributed by atoms with Gasteiger partial charge in [-0.2, -0.15) is 4.37 Å². The number of aromatic nitrogens is 2. The number of unbranched alkanes of at least 4 members (excludes halogenated alkanes) is 1. The molecule has 8 nitrogen and oxygen atoms in total. The lowest BCUT2D eigenvalue weighted by molar-refractivity contribution is -0.131. The molecule has 1 fully saturated rings. The van der Waals surface area contributed by atoms with Crippen LogP contribution in [0.15, 0.2) is 48.5 Å². The van der Waals surface area contributed by atoms with Crippen molar-refractivity contribution in [3.63, 3.8) is 0 Å². The van der Waals surface area contributed by atoms with Gasteiger partial charge in [-0.05, 0) is 48.4 Å². The molecule has 37 heavy (non-hydrogen) atoms. The Labute approximate surface area is 224 Å². The highest BCUT2D eigenvalue weighted by atomic mass is 32.1. The molecule has 9 heteroatoms. The van der Waals surface area contributed by atoms with E-state index in [4.69, 9.17) is 14.5 Å². The van der Waals surface area contributed by atoms with Crippen LogP contribution in [0.25, 0.3) is 0 Å². The number of methoxy groups -OCH3 is 2. The van der Waals surface area contributed by atoms with Gasteiger partial charge < -0.3 is 24.2 Å². The first-order chi connectivity index (χ1) is 18.1. The topological polar surface area (TPSA) is 71.0 Å². The number of hydrogen-bond donors (Lipinski definition) is 0. The normalized spacial score (nSPS) is 13.5. The Morgan fingerprint density at radius 1 is 1.00 bits per heavy atom. The highest BCUT2D eigenvalue weighted by molar-refractivity contribution is 7.09. The van der Waals surface area contributed by atoms with Crippen LogP contribution in [0.5, 0.6) is 11.5 Å². The van der Waals surface area contributed by atoms with Gasteiger partial charge in [-0.1, -0.05) is 25.5 Å². The average Bonchev–Trinajstić information content (AvgIpc) is 3.41. The molecule has 2 aromatic carbocycles. The lowest BCUT2D eigenvalue weighted by atomic mass is 10.1. The van der Waals surface area contributed by atoms with E-state index in [0.29, 0.717) is 19.4 Å². The van der Waals surface area contributed by atoms with Crippen molar-refractivity contribution in [3.8, 4) is 11.5 Å². The third-order valence-electron chi connectivity index (χ3n) is 6.67. The lowest BCUT2D eigenvalue weighted by Gasteiger charge is -2.36. The van der Waals surface area contributed by atoms with Gasteiger partial charge >= 0.3 is 0 Å². The molecule has 0 saturated carbocycles. The smallest absolute Gasteiger partial charge is 0.224 e. The fourth-order valence-corrected chi connectivity index (χ4v) is 5.19. The molecular formula is C28H37N5O3S. The molecule has 1 amide bonds. The zero-order valence-electron chi connectivity index (χ0n) is 22.1. The SMILES string of the molecule is CCCCN(CCC(=O)N1CCN(c2ccc(OC)cc2)CC1)c1nc(Cc2cccc(OC)c2)ns1. The van der Waals surface area contributed by atoms with Gasteiger partial charge in [0.05, 0.1) is 14.2 Å². The molecule has 1 aliphatic rings. The van der Waals surface area contributed by atoms with Crippen LogP contribution in [0, 0.1) is 0 Å². The highest BCUT2D eigenvalue weighted by Crippen LogP contribution is 2.23. The van der Waals surface area contributed by atoms with Crippen LogP contribution in [0.2, 0.25) is 0 Å². The van der Waals surface area contributed by atoms with Crippen molar-refractivity contribution in [1.29, 1.82) is 0 Å². The van der Waals surface area contributed by atoms with Crippen molar-refractivity contribution < 1.29 is 14.3 Å². The molecular weight excluding hydrogens is 486 g/mol. The van der Waals surface area contributed by atoms with Crippen LogP contribution in [0.4, 0.5) is 10.8 Å². The number of amides is 1. The molecule has 3 aromatic rings. The maximum absolute atomic E-state index is 13.1. The number of carbonyl (C=O) groups excluding carboxylic acids is 1. The first-order valence-corrected chi connectivity index (χ1v) is 13.7. The quantitative estimate of drug-likeness (QED) is 0.346. The second-order valence-electron chi connectivity index (χ2n) is 9.18. The number of piperazine rings is 1. The van der Waals surface area contributed by atoms with Gasteiger partial charge in [0.15, 0.2) is 0 Å². The molecule has 1 aliphatic heterocycles. The van der Waals surface area contributed by atoms with Gasteiger partial charge in [0.2, 0.25) is 11.0 Å². The Hall–Kier alpha value is -3.33. The molecule has 0 atom stereocenters. The summed E-state index contributed by atoms with van der Waals surface area (Å²) in [5.74, 6) is 2.70. The minimum absolute atomic E-state index is 0.206. The average molecular weight is 524 g/mol. The van der Waals surface area contributed by atoms with Gasteiger partial charge in [0.25, 0.3) is 0 Å². The van der Waals surface area contributed by atoms with Crippen LogP contribution in [0.3, 0.4) is 0 Å². The predicted octanol–water partition coefficient (Wildman–Crippen LogP) is 4.49. The van der Waals surface area contributed by atoms with Crippen molar-refractivity contribution in [2.24, 2.45) is 0 Å². The fraction of sp³-hybridized carbons (Fsp3) is 0.464. The van der Waals surface area contributed by atoms with Crippen LogP contribution < -0.4 is 19.3 Å². The standard InChI is InChI=1S/C28H37N5O3S/c1-4-5-14-33(28-29-26(30-37-28)21-22-7-6-8-25(20-22)36-3)15-13-27(34)32-18-16-31(17-19-32)23-9-11-24(35-2)12-10-23/h6-12,20H,4-5,13-19,21H2,1-3H3. The van der Waals surface area contributed by atoms with E-state index in [1.807, 2.05) is 35.2 Å². The zero-order valence-corrected chi connectivity index (χ0v) is 22.9. The van der Waals surface area contributed by atoms with E-state index >= 15 is 0 Å². The predicted molar refractivity (Wildman–Crippen MR) is 149 cm³/mol. The van der Waals surface area contributed by atoms with Gasteiger partial charge in [-0.15, -0.1) is 0 Å². The number of carbonyl (C=O) groups is 1. The van der Waals surface area contributed by atoms with Crippen molar-refractivity contribution in [3.05, 3.63) is 59.9 Å². The summed E-state index contributed by atoms with van der Waals surface area (Å²) in [6.07, 6.45) is 3.29. The molecule has 0 N–H and O–H groups in total. The maximum Gasteiger partial charge on any atom is 0.224 e.